The van der Waals surface area contributed by atoms with Crippen LogP contribution in [0.3, 0.4) is 0 Å². The summed E-state index contributed by atoms with van der Waals surface area (Å²) >= 11 is 1.18. The fourth-order valence-corrected chi connectivity index (χ4v) is 4.19. The van der Waals surface area contributed by atoms with Crippen LogP contribution in [0.25, 0.3) is 0 Å². The fraction of sp³-hybridized carbons (Fsp3) is 0.250. The summed E-state index contributed by atoms with van der Waals surface area (Å²) in [7, 11) is -2.83. The summed E-state index contributed by atoms with van der Waals surface area (Å²) in [6.07, 6.45) is 0. The SMILES string of the molecule is CCN(S[S][Na])c1ccccc1.O=S(=O)(O)O. The Hall–Kier alpha value is 0.590. The maximum Gasteiger partial charge on any atom is 0.394 e. The number of anilines is 1. The molecule has 1 aromatic carbocycles. The zero-order valence-electron chi connectivity index (χ0n) is 9.48. The van der Waals surface area contributed by atoms with E-state index in [9.17, 15) is 0 Å². The first kappa shape index (κ1) is 17.6. The van der Waals surface area contributed by atoms with Gasteiger partial charge in [-0.25, -0.2) is 0 Å². The van der Waals surface area contributed by atoms with E-state index < -0.39 is 10.4 Å². The van der Waals surface area contributed by atoms with Crippen molar-refractivity contribution in [3.8, 4) is 0 Å². The van der Waals surface area contributed by atoms with Gasteiger partial charge in [-0.05, 0) is 0 Å². The molecule has 0 saturated heterocycles. The van der Waals surface area contributed by atoms with Gasteiger partial charge in [0.25, 0.3) is 0 Å². The molecule has 0 unspecified atom stereocenters. The molecule has 0 fully saturated rings. The number of nitrogens with zero attached hydrogens (tertiary/aromatic N) is 1. The van der Waals surface area contributed by atoms with E-state index in [0.29, 0.717) is 0 Å². The van der Waals surface area contributed by atoms with Crippen LogP contribution in [-0.4, -0.2) is 50.4 Å². The molecule has 0 amide bonds. The Morgan fingerprint density at radius 3 is 2.12 bits per heavy atom. The third kappa shape index (κ3) is 11.4. The van der Waals surface area contributed by atoms with Crippen molar-refractivity contribution in [2.45, 2.75) is 6.92 Å². The summed E-state index contributed by atoms with van der Waals surface area (Å²) in [4.78, 5) is 0. The van der Waals surface area contributed by atoms with Gasteiger partial charge in [0.15, 0.2) is 0 Å². The number of para-hydroxylation sites is 1. The smallest absolute Gasteiger partial charge is 0.264 e. The van der Waals surface area contributed by atoms with Crippen molar-refractivity contribution in [1.29, 1.82) is 0 Å². The van der Waals surface area contributed by atoms with Gasteiger partial charge < -0.3 is 0 Å². The van der Waals surface area contributed by atoms with Crippen LogP contribution < -0.4 is 4.31 Å². The van der Waals surface area contributed by atoms with Crippen LogP contribution in [0.4, 0.5) is 5.69 Å². The maximum absolute atomic E-state index is 8.74. The first-order chi connectivity index (χ1) is 7.88. The van der Waals surface area contributed by atoms with Crippen molar-refractivity contribution in [3.63, 3.8) is 0 Å². The summed E-state index contributed by atoms with van der Waals surface area (Å²) in [5.74, 6) is 0. The molecule has 0 bridgehead atoms. The minimum Gasteiger partial charge on any atom is -0.264 e. The average Bonchev–Trinajstić information content (AvgIpc) is 2.25. The van der Waals surface area contributed by atoms with Gasteiger partial charge in [-0.15, -0.1) is 0 Å². The third-order valence-electron chi connectivity index (χ3n) is 1.50. The molecule has 0 aliphatic rings. The zero-order valence-corrected chi connectivity index (χ0v) is 13.9. The van der Waals surface area contributed by atoms with Gasteiger partial charge in [0, 0.05) is 0 Å². The first-order valence-corrected chi connectivity index (χ1v) is 11.0. The third-order valence-corrected chi connectivity index (χ3v) is 4.62. The zero-order chi connectivity index (χ0) is 13.3. The molecule has 0 aliphatic heterocycles. The molecule has 0 heterocycles. The maximum atomic E-state index is 8.74. The molecule has 17 heavy (non-hydrogen) atoms. The van der Waals surface area contributed by atoms with Gasteiger partial charge in [0.05, 0.1) is 0 Å². The van der Waals surface area contributed by atoms with E-state index in [1.54, 1.807) is 0 Å². The van der Waals surface area contributed by atoms with E-state index in [-0.39, 0.29) is 0 Å². The van der Waals surface area contributed by atoms with Gasteiger partial charge in [-0.1, -0.05) is 0 Å². The van der Waals surface area contributed by atoms with Crippen LogP contribution in [0.2, 0.25) is 0 Å². The molecule has 9 heteroatoms. The van der Waals surface area contributed by atoms with Crippen molar-refractivity contribution in [2.75, 3.05) is 10.8 Å². The quantitative estimate of drug-likeness (QED) is 0.382. The van der Waals surface area contributed by atoms with Crippen molar-refractivity contribution < 1.29 is 17.5 Å². The standard InChI is InChI=1S/C8H11NS2.Na.H2O4S/c1-2-9(11-10)8-6-4-3-5-7-8;;1-5(2,3)4/h3-7,10H,2H2,1H3;;(H2,1,2,3,4)/q;+1;/p-1. The van der Waals surface area contributed by atoms with Crippen molar-refractivity contribution in [1.82, 2.24) is 0 Å². The van der Waals surface area contributed by atoms with E-state index in [4.69, 9.17) is 17.5 Å². The van der Waals surface area contributed by atoms with E-state index in [1.807, 2.05) is 17.9 Å². The largest absolute Gasteiger partial charge is 0.394 e. The molecule has 0 radical (unpaired) electrons. The molecular formula is C8H12NNaO4S3. The topological polar surface area (TPSA) is 77.8 Å². The summed E-state index contributed by atoms with van der Waals surface area (Å²) in [5, 5.41) is 0. The molecule has 1 rings (SSSR count). The van der Waals surface area contributed by atoms with Crippen molar-refractivity contribution in [2.24, 2.45) is 0 Å². The van der Waals surface area contributed by atoms with Gasteiger partial charge in [0.1, 0.15) is 0 Å². The predicted octanol–water partition coefficient (Wildman–Crippen LogP) is 2.24. The van der Waals surface area contributed by atoms with Crippen LogP contribution in [0.15, 0.2) is 30.3 Å². The minimum atomic E-state index is -4.67. The van der Waals surface area contributed by atoms with Crippen LogP contribution in [-0.2, 0) is 10.4 Å². The Balaban J connectivity index is 0.000000437. The Morgan fingerprint density at radius 2 is 1.76 bits per heavy atom. The van der Waals surface area contributed by atoms with Gasteiger partial charge in [0.2, 0.25) is 0 Å². The Kier molecular flexibility index (Phi) is 9.84. The minimum absolute atomic E-state index is 1.06. The molecule has 0 aromatic heterocycles. The molecule has 0 atom stereocenters. The molecule has 0 saturated carbocycles. The Morgan fingerprint density at radius 1 is 1.29 bits per heavy atom. The molecule has 92 valence electrons. The molecule has 0 spiro atoms. The summed E-state index contributed by atoms with van der Waals surface area (Å²) in [5.41, 5.74) is 1.30. The number of hydrogen-bond acceptors (Lipinski definition) is 5. The van der Waals surface area contributed by atoms with Crippen LogP contribution in [0.1, 0.15) is 6.92 Å². The second-order valence-corrected chi connectivity index (χ2v) is 8.99. The summed E-state index contributed by atoms with van der Waals surface area (Å²) < 4.78 is 33.9. The van der Waals surface area contributed by atoms with Gasteiger partial charge >= 0.3 is 108 Å². The van der Waals surface area contributed by atoms with E-state index in [1.165, 1.54) is 32.0 Å². The summed E-state index contributed by atoms with van der Waals surface area (Å²) in [6.45, 7) is 5.15. The molecular weight excluding hydrogens is 293 g/mol. The van der Waals surface area contributed by atoms with Crippen molar-refractivity contribution >= 4 is 60.3 Å². The Labute approximate surface area is 125 Å². The fourth-order valence-electron chi connectivity index (χ4n) is 0.963. The number of hydrogen-bond donors (Lipinski definition) is 2. The van der Waals surface area contributed by atoms with Crippen LogP contribution in [0.5, 0.6) is 0 Å². The van der Waals surface area contributed by atoms with E-state index in [0.717, 1.165) is 6.54 Å². The van der Waals surface area contributed by atoms with Crippen LogP contribution in [0, 0.1) is 0 Å². The van der Waals surface area contributed by atoms with Gasteiger partial charge in [-0.2, -0.15) is 8.42 Å². The molecule has 1 aromatic rings. The van der Waals surface area contributed by atoms with E-state index in [2.05, 4.69) is 41.6 Å². The molecule has 2 N–H and O–H groups in total. The van der Waals surface area contributed by atoms with Crippen LogP contribution >= 0.6 is 17.9 Å². The predicted molar refractivity (Wildman–Crippen MR) is 74.6 cm³/mol. The van der Waals surface area contributed by atoms with Crippen molar-refractivity contribution in [3.05, 3.63) is 30.3 Å². The molecule has 0 aliphatic carbocycles. The second kappa shape index (κ2) is 9.51. The first-order valence-electron chi connectivity index (χ1n) is 4.61. The Bertz CT molecular complexity index is 392. The number of rotatable bonds is 4. The second-order valence-electron chi connectivity index (χ2n) is 2.72. The van der Waals surface area contributed by atoms with Gasteiger partial charge in [-0.3, -0.25) is 9.11 Å². The molecule has 5 nitrogen and oxygen atoms in total. The average molecular weight is 305 g/mol. The summed E-state index contributed by atoms with van der Waals surface area (Å²) in [6, 6.07) is 10.5. The number of benzene rings is 1. The monoisotopic (exact) mass is 305 g/mol. The van der Waals surface area contributed by atoms with E-state index >= 15 is 0 Å². The normalized spacial score (nSPS) is 10.4.